The molecule has 3 aromatic rings. The summed E-state index contributed by atoms with van der Waals surface area (Å²) in [4.78, 5) is 29.4. The van der Waals surface area contributed by atoms with Gasteiger partial charge in [0.1, 0.15) is 26.1 Å². The minimum atomic E-state index is -2.14. The zero-order valence-electron chi connectivity index (χ0n) is 27.2. The topological polar surface area (TPSA) is 104 Å². The third-order valence-corrected chi connectivity index (χ3v) is 15.8. The van der Waals surface area contributed by atoms with Gasteiger partial charge in [-0.2, -0.15) is 4.98 Å². The van der Waals surface area contributed by atoms with Gasteiger partial charge in [0.2, 0.25) is 5.91 Å². The van der Waals surface area contributed by atoms with E-state index in [1.165, 1.54) is 14.9 Å². The van der Waals surface area contributed by atoms with Crippen LogP contribution in [0.15, 0.2) is 77.7 Å². The second kappa shape index (κ2) is 14.2. The molecule has 4 heterocycles. The first-order valence-corrected chi connectivity index (χ1v) is 20.2. The number of nitrogens with one attached hydrogen (secondary N) is 1. The van der Waals surface area contributed by atoms with E-state index in [-0.39, 0.29) is 29.9 Å². The minimum Gasteiger partial charge on any atom is -0.374 e. The average molecular weight is 665 g/mol. The highest BCUT2D eigenvalue weighted by Crippen LogP contribution is 2.59. The maximum Gasteiger partial charge on any atom is 0.351 e. The van der Waals surface area contributed by atoms with Crippen LogP contribution < -0.4 is 21.4 Å². The molecule has 3 saturated heterocycles. The first-order valence-electron chi connectivity index (χ1n) is 16.3. The maximum absolute atomic E-state index is 13.1. The van der Waals surface area contributed by atoms with Crippen LogP contribution >= 0.6 is 8.53 Å². The summed E-state index contributed by atoms with van der Waals surface area (Å²) in [6, 6.07) is 24.7. The number of rotatable bonds is 11. The van der Waals surface area contributed by atoms with Crippen LogP contribution in [0.25, 0.3) is 0 Å². The van der Waals surface area contributed by atoms with Crippen LogP contribution in [-0.2, 0) is 23.3 Å². The highest BCUT2D eigenvalue weighted by atomic mass is 31.2. The number of fused-ring (bicyclic) bond motifs is 1. The van der Waals surface area contributed by atoms with Crippen LogP contribution in [0.5, 0.6) is 0 Å². The lowest BCUT2D eigenvalue weighted by Gasteiger charge is -2.32. The standard InChI is InChI=1S/C34H45N4O6PSi/c1-6-27-30(31(41-4)33(42-27)37-21-19-29(36-34(37)40)35-32(39)23(2)3)44-45-38-20-13-18-26(38)28(43-45)22-46(5,24-14-9-7-10-15-24)25-16-11-8-12-17-25/h7-12,14-17,19,21,23,26-28,30-31,33H,6,13,18,20,22H2,1-5H3,(H,35,36,39,40)/t26-,27+,28+,30?,31-,33+,45+/m0/s1. The molecule has 1 unspecified atom stereocenters. The normalized spacial score (nSPS) is 28.1. The maximum atomic E-state index is 13.1. The second-order valence-electron chi connectivity index (χ2n) is 12.9. The Morgan fingerprint density at radius 2 is 1.74 bits per heavy atom. The van der Waals surface area contributed by atoms with Gasteiger partial charge in [-0.3, -0.25) is 9.36 Å². The molecule has 46 heavy (non-hydrogen) atoms. The molecule has 0 bridgehead atoms. The highest BCUT2D eigenvalue weighted by molar-refractivity contribution is 7.45. The van der Waals surface area contributed by atoms with Crippen molar-refractivity contribution in [2.75, 3.05) is 19.0 Å². The number of carbonyl (C=O) groups excluding carboxylic acids is 1. The molecule has 1 amide bonds. The molecule has 0 spiro atoms. The largest absolute Gasteiger partial charge is 0.374 e. The number of carbonyl (C=O) groups is 1. The number of aromatic nitrogens is 2. The fraction of sp³-hybridized carbons (Fsp3) is 0.500. The Morgan fingerprint density at radius 1 is 1.07 bits per heavy atom. The second-order valence-corrected chi connectivity index (χ2v) is 18.6. The number of nitrogens with zero attached hydrogens (tertiary/aromatic N) is 3. The predicted molar refractivity (Wildman–Crippen MR) is 182 cm³/mol. The van der Waals surface area contributed by atoms with E-state index in [0.717, 1.165) is 25.4 Å². The molecule has 0 aliphatic carbocycles. The number of methoxy groups -OCH3 is 1. The van der Waals surface area contributed by atoms with Crippen LogP contribution in [0.2, 0.25) is 12.6 Å². The molecular formula is C34H45N4O6PSi. The fourth-order valence-corrected chi connectivity index (χ4v) is 12.9. The van der Waals surface area contributed by atoms with E-state index in [2.05, 4.69) is 82.2 Å². The number of hydrogen-bond donors (Lipinski definition) is 1. The molecule has 7 atom stereocenters. The molecule has 1 N–H and O–H groups in total. The van der Waals surface area contributed by atoms with Gasteiger partial charge in [-0.1, -0.05) is 98.4 Å². The van der Waals surface area contributed by atoms with Gasteiger partial charge in [-0.05, 0) is 31.4 Å². The molecule has 12 heteroatoms. The van der Waals surface area contributed by atoms with Crippen molar-refractivity contribution >= 4 is 38.7 Å². The summed E-state index contributed by atoms with van der Waals surface area (Å²) in [5.74, 6) is -0.225. The van der Waals surface area contributed by atoms with E-state index in [1.807, 2.05) is 6.92 Å². The third-order valence-electron chi connectivity index (χ3n) is 9.62. The molecule has 6 rings (SSSR count). The summed E-state index contributed by atoms with van der Waals surface area (Å²) in [7, 11) is -1.89. The summed E-state index contributed by atoms with van der Waals surface area (Å²) >= 11 is 0. The van der Waals surface area contributed by atoms with Gasteiger partial charge in [0.05, 0.1) is 12.2 Å². The summed E-state index contributed by atoms with van der Waals surface area (Å²) in [6.07, 6.45) is 2.48. The Bertz CT molecular complexity index is 1510. The molecule has 1 aromatic heterocycles. The van der Waals surface area contributed by atoms with Gasteiger partial charge in [-0.15, -0.1) is 0 Å². The molecule has 0 saturated carbocycles. The summed E-state index contributed by atoms with van der Waals surface area (Å²) in [5.41, 5.74) is -0.530. The molecule has 246 valence electrons. The molecule has 3 aliphatic heterocycles. The lowest BCUT2D eigenvalue weighted by molar-refractivity contribution is -0.118. The molecule has 10 nitrogen and oxygen atoms in total. The van der Waals surface area contributed by atoms with Crippen LogP contribution in [-0.4, -0.2) is 72.3 Å². The molecule has 0 radical (unpaired) electrons. The van der Waals surface area contributed by atoms with Crippen LogP contribution in [0.3, 0.4) is 0 Å². The van der Waals surface area contributed by atoms with Crippen molar-refractivity contribution in [1.29, 1.82) is 0 Å². The predicted octanol–water partition coefficient (Wildman–Crippen LogP) is 4.53. The zero-order chi connectivity index (χ0) is 32.4. The molecule has 3 fully saturated rings. The lowest BCUT2D eigenvalue weighted by Crippen LogP contribution is -2.58. The van der Waals surface area contributed by atoms with Gasteiger partial charge in [0, 0.05) is 31.8 Å². The smallest absolute Gasteiger partial charge is 0.351 e. The van der Waals surface area contributed by atoms with Gasteiger partial charge < -0.3 is 23.8 Å². The van der Waals surface area contributed by atoms with E-state index in [0.29, 0.717) is 12.5 Å². The van der Waals surface area contributed by atoms with Gasteiger partial charge in [-0.25, -0.2) is 9.46 Å². The fourth-order valence-electron chi connectivity index (χ4n) is 6.97. The number of anilines is 1. The molecule has 2 aromatic carbocycles. The van der Waals surface area contributed by atoms with Crippen LogP contribution in [0, 0.1) is 5.92 Å². The van der Waals surface area contributed by atoms with Crippen LogP contribution in [0.1, 0.15) is 46.3 Å². The van der Waals surface area contributed by atoms with Crippen molar-refractivity contribution < 1.29 is 23.3 Å². The summed E-state index contributed by atoms with van der Waals surface area (Å²) in [5, 5.41) is 5.49. The first-order chi connectivity index (χ1) is 22.2. The Kier molecular flexibility index (Phi) is 10.2. The third kappa shape index (κ3) is 6.51. The number of amides is 1. The lowest BCUT2D eigenvalue weighted by atomic mass is 10.1. The van der Waals surface area contributed by atoms with Gasteiger partial charge >= 0.3 is 5.69 Å². The van der Waals surface area contributed by atoms with Crippen molar-refractivity contribution in [3.05, 3.63) is 83.4 Å². The number of ether oxygens (including phenoxy) is 2. The van der Waals surface area contributed by atoms with E-state index >= 15 is 0 Å². The summed E-state index contributed by atoms with van der Waals surface area (Å²) < 4.78 is 30.1. The zero-order valence-corrected chi connectivity index (χ0v) is 29.1. The minimum absolute atomic E-state index is 0.0466. The van der Waals surface area contributed by atoms with E-state index in [4.69, 9.17) is 18.5 Å². The Balaban J connectivity index is 1.22. The summed E-state index contributed by atoms with van der Waals surface area (Å²) in [6.45, 7) is 9.00. The van der Waals surface area contributed by atoms with Crippen molar-refractivity contribution in [2.24, 2.45) is 5.92 Å². The Labute approximate surface area is 273 Å². The van der Waals surface area contributed by atoms with Gasteiger partial charge in [0.15, 0.2) is 6.23 Å². The Hall–Kier alpha value is -2.76. The quantitative estimate of drug-likeness (QED) is 0.236. The molecule has 3 aliphatic rings. The van der Waals surface area contributed by atoms with E-state index in [9.17, 15) is 9.59 Å². The first kappa shape index (κ1) is 33.1. The SMILES string of the molecule is CC[C@H]1O[C@@H](n2ccc(NC(=O)C(C)C)nc2=O)[C@@H](OC)C1O[P@@]1O[C@H](C[Si](C)(c2ccccc2)c2ccccc2)[C@@H]2CCCN21. The van der Waals surface area contributed by atoms with Crippen molar-refractivity contribution in [1.82, 2.24) is 14.2 Å². The Morgan fingerprint density at radius 3 is 2.33 bits per heavy atom. The number of benzene rings is 2. The van der Waals surface area contributed by atoms with Crippen molar-refractivity contribution in [3.8, 4) is 0 Å². The van der Waals surface area contributed by atoms with Crippen LogP contribution in [0.4, 0.5) is 5.82 Å². The van der Waals surface area contributed by atoms with Gasteiger partial charge in [0.25, 0.3) is 8.53 Å². The monoisotopic (exact) mass is 664 g/mol. The van der Waals surface area contributed by atoms with E-state index in [1.54, 1.807) is 33.2 Å². The average Bonchev–Trinajstić information content (AvgIpc) is 3.77. The van der Waals surface area contributed by atoms with E-state index < -0.39 is 40.7 Å². The number of hydrogen-bond acceptors (Lipinski definition) is 8. The van der Waals surface area contributed by atoms with Crippen molar-refractivity contribution in [2.45, 2.75) is 89.3 Å². The van der Waals surface area contributed by atoms with Crippen molar-refractivity contribution in [3.63, 3.8) is 0 Å². The highest BCUT2D eigenvalue weighted by Gasteiger charge is 2.54. The molecular weight excluding hydrogens is 619 g/mol.